The minimum Gasteiger partial charge on any atom is -0.219 e. The molecule has 0 fully saturated rings. The zero-order valence-corrected chi connectivity index (χ0v) is 9.69. The lowest BCUT2D eigenvalue weighted by Crippen LogP contribution is -1.93. The van der Waals surface area contributed by atoms with Crippen molar-refractivity contribution in [2.24, 2.45) is 4.99 Å². The van der Waals surface area contributed by atoms with E-state index in [4.69, 9.17) is 40.1 Å². The van der Waals surface area contributed by atoms with Gasteiger partial charge in [-0.25, -0.2) is 4.99 Å². The average molecular weight is 273 g/mol. The van der Waals surface area contributed by atoms with Crippen LogP contribution in [0.3, 0.4) is 0 Å². The van der Waals surface area contributed by atoms with Gasteiger partial charge >= 0.3 is 0 Å². The molecule has 0 atom stereocenters. The summed E-state index contributed by atoms with van der Waals surface area (Å²) < 4.78 is 4.23. The van der Waals surface area contributed by atoms with Crippen molar-refractivity contribution in [2.45, 2.75) is 0 Å². The molecule has 1 heterocycles. The molecule has 0 aromatic carbocycles. The van der Waals surface area contributed by atoms with E-state index in [9.17, 15) is 0 Å². The Kier molecular flexibility index (Phi) is 4.16. The van der Waals surface area contributed by atoms with Crippen LogP contribution in [-0.4, -0.2) is 4.37 Å². The maximum atomic E-state index is 8.38. The third-order valence-electron chi connectivity index (χ3n) is 0.889. The molecular weight excluding hydrogens is 273 g/mol. The van der Waals surface area contributed by atoms with E-state index in [0.29, 0.717) is 4.67 Å². The Bertz CT molecular complexity index is 438. The molecule has 3 nitrogen and oxygen atoms in total. The topological polar surface area (TPSA) is 49.0 Å². The molecule has 0 radical (unpaired) electrons. The summed E-state index contributed by atoms with van der Waals surface area (Å²) in [6.07, 6.45) is 0. The Hall–Kier alpha value is -0.120. The van der Waals surface area contributed by atoms with Crippen molar-refractivity contribution in [3.63, 3.8) is 0 Å². The number of aromatic nitrogens is 1. The Balaban J connectivity index is 3.19. The summed E-state index contributed by atoms with van der Waals surface area (Å²) in [4.78, 5) is 3.81. The first-order valence-corrected chi connectivity index (χ1v) is 6.01. The summed E-state index contributed by atoms with van der Waals surface area (Å²) in [5.41, 5.74) is 0. The second-order valence-electron chi connectivity index (χ2n) is 1.67. The Morgan fingerprint density at radius 1 is 1.54 bits per heavy atom. The molecule has 0 aliphatic heterocycles. The van der Waals surface area contributed by atoms with Gasteiger partial charge in [0.25, 0.3) is 0 Å². The fourth-order valence-electron chi connectivity index (χ4n) is 0.409. The van der Waals surface area contributed by atoms with Crippen LogP contribution in [0.1, 0.15) is 0 Å². The largest absolute Gasteiger partial charge is 0.219 e. The van der Waals surface area contributed by atoms with Gasteiger partial charge in [0.2, 0.25) is 0 Å². The average Bonchev–Trinajstić information content (AvgIpc) is 2.50. The summed E-state index contributed by atoms with van der Waals surface area (Å²) in [7, 11) is 2.44. The monoisotopic (exact) mass is 271 g/mol. The molecule has 0 saturated carbocycles. The van der Waals surface area contributed by atoms with Crippen molar-refractivity contribution in [1.82, 2.24) is 4.37 Å². The normalized spacial score (nSPS) is 13.8. The van der Waals surface area contributed by atoms with Crippen LogP contribution < -0.4 is 4.67 Å². The summed E-state index contributed by atoms with van der Waals surface area (Å²) in [6, 6.07) is 1.66. The van der Waals surface area contributed by atoms with E-state index in [1.54, 1.807) is 6.07 Å². The highest BCUT2D eigenvalue weighted by atomic mass is 35.5. The number of nitriles is 1. The molecule has 0 N–H and O–H groups in total. The van der Waals surface area contributed by atoms with Crippen LogP contribution in [0, 0.1) is 11.3 Å². The molecule has 0 saturated heterocycles. The van der Waals surface area contributed by atoms with Gasteiger partial charge < -0.3 is 0 Å². The van der Waals surface area contributed by atoms with Crippen LogP contribution in [0.25, 0.3) is 0 Å². The maximum absolute atomic E-state index is 8.38. The zero-order valence-electron chi connectivity index (χ0n) is 5.79. The number of halogens is 3. The van der Waals surface area contributed by atoms with E-state index < -0.39 is 0 Å². The Morgan fingerprint density at radius 2 is 2.23 bits per heavy atom. The third kappa shape index (κ3) is 2.93. The van der Waals surface area contributed by atoms with Crippen molar-refractivity contribution < 1.29 is 0 Å². The first-order chi connectivity index (χ1) is 6.15. The van der Waals surface area contributed by atoms with Crippen LogP contribution in [-0.2, 0) is 0 Å². The number of rotatable bonds is 1. The highest BCUT2D eigenvalue weighted by Gasteiger charge is 2.01. The molecule has 1 aromatic heterocycles. The predicted molar refractivity (Wildman–Crippen MR) is 54.9 cm³/mol. The van der Waals surface area contributed by atoms with Crippen molar-refractivity contribution in [2.75, 3.05) is 0 Å². The van der Waals surface area contributed by atoms with Crippen LogP contribution in [0.5, 0.6) is 0 Å². The SMILES string of the molecule is N#C/C(Cl)=C(Cl)/N=c1\ssnc1Cl. The molecule has 0 aliphatic rings. The Labute approximate surface area is 96.1 Å². The van der Waals surface area contributed by atoms with Gasteiger partial charge in [-0.15, -0.1) is 0 Å². The molecule has 0 aliphatic carbocycles. The number of nitrogens with zero attached hydrogens (tertiary/aromatic N) is 3. The lowest BCUT2D eigenvalue weighted by molar-refractivity contribution is 1.34. The molecule has 0 amide bonds. The third-order valence-corrected chi connectivity index (χ3v) is 3.69. The molecular formula is C5Cl3N3S2. The van der Waals surface area contributed by atoms with E-state index >= 15 is 0 Å². The van der Waals surface area contributed by atoms with Gasteiger partial charge in [-0.2, -0.15) is 9.64 Å². The summed E-state index contributed by atoms with van der Waals surface area (Å²) in [5.74, 6) is 0. The van der Waals surface area contributed by atoms with Gasteiger partial charge in [0, 0.05) is 10.5 Å². The number of hydrogen-bond acceptors (Lipinski definition) is 5. The number of hydrogen-bond donors (Lipinski definition) is 0. The molecule has 8 heteroatoms. The highest BCUT2D eigenvalue weighted by Crippen LogP contribution is 2.15. The molecule has 1 rings (SSSR count). The fourth-order valence-corrected chi connectivity index (χ4v) is 2.61. The summed E-state index contributed by atoms with van der Waals surface area (Å²) in [5, 5.41) is 8.38. The molecule has 13 heavy (non-hydrogen) atoms. The van der Waals surface area contributed by atoms with Gasteiger partial charge in [-0.1, -0.05) is 34.8 Å². The van der Waals surface area contributed by atoms with Gasteiger partial charge in [-0.05, 0) is 10.3 Å². The first-order valence-electron chi connectivity index (χ1n) is 2.76. The second kappa shape index (κ2) is 4.94. The molecule has 0 spiro atoms. The standard InChI is InChI=1S/C5Cl3N3S2/c6-2(1-9)3(7)10-5-4(8)11-13-12-5/b3-2-,10-5-. The maximum Gasteiger partial charge on any atom is 0.179 e. The van der Waals surface area contributed by atoms with Crippen molar-refractivity contribution in [3.05, 3.63) is 20.0 Å². The summed E-state index contributed by atoms with van der Waals surface area (Å²) >= 11 is 16.6. The van der Waals surface area contributed by atoms with Gasteiger partial charge in [-0.3, -0.25) is 0 Å². The van der Waals surface area contributed by atoms with Crippen molar-refractivity contribution >= 4 is 55.7 Å². The van der Waals surface area contributed by atoms with Crippen LogP contribution >= 0.6 is 55.7 Å². The summed E-state index contributed by atoms with van der Waals surface area (Å²) in [6.45, 7) is 0. The molecule has 1 aromatic rings. The smallest absolute Gasteiger partial charge is 0.179 e. The van der Waals surface area contributed by atoms with E-state index in [-0.39, 0.29) is 15.3 Å². The fraction of sp³-hybridized carbons (Fsp3) is 0. The van der Waals surface area contributed by atoms with Crippen LogP contribution in [0.15, 0.2) is 15.2 Å². The van der Waals surface area contributed by atoms with Crippen molar-refractivity contribution in [3.8, 4) is 6.07 Å². The van der Waals surface area contributed by atoms with Crippen molar-refractivity contribution in [1.29, 1.82) is 5.26 Å². The highest BCUT2D eigenvalue weighted by molar-refractivity contribution is 7.66. The number of allylic oxidation sites excluding steroid dienone is 1. The quantitative estimate of drug-likeness (QED) is 0.448. The molecule has 0 unspecified atom stereocenters. The second-order valence-corrected chi connectivity index (χ2v) is 4.60. The zero-order chi connectivity index (χ0) is 9.84. The van der Waals surface area contributed by atoms with Gasteiger partial charge in [0.05, 0.1) is 0 Å². The lowest BCUT2D eigenvalue weighted by atomic mass is 10.7. The minimum atomic E-state index is -0.170. The van der Waals surface area contributed by atoms with E-state index in [2.05, 4.69) is 9.37 Å². The predicted octanol–water partition coefficient (Wildman–Crippen LogP) is 2.93. The van der Waals surface area contributed by atoms with E-state index in [1.807, 2.05) is 0 Å². The van der Waals surface area contributed by atoms with Crippen LogP contribution in [0.4, 0.5) is 0 Å². The lowest BCUT2D eigenvalue weighted by Gasteiger charge is -1.85. The molecule has 68 valence electrons. The Morgan fingerprint density at radius 3 is 2.69 bits per heavy atom. The van der Waals surface area contributed by atoms with E-state index in [0.717, 1.165) is 0 Å². The van der Waals surface area contributed by atoms with Gasteiger partial charge in [0.15, 0.2) is 20.0 Å². The van der Waals surface area contributed by atoms with Crippen LogP contribution in [0.2, 0.25) is 5.15 Å². The van der Waals surface area contributed by atoms with Gasteiger partial charge in [0.1, 0.15) is 6.07 Å². The van der Waals surface area contributed by atoms with E-state index in [1.165, 1.54) is 20.9 Å². The minimum absolute atomic E-state index is 0.0810. The molecule has 0 bridgehead atoms. The first kappa shape index (κ1) is 11.0.